The van der Waals surface area contributed by atoms with E-state index in [0.29, 0.717) is 5.69 Å². The minimum atomic E-state index is -1.17. The third-order valence-corrected chi connectivity index (χ3v) is 4.83. The van der Waals surface area contributed by atoms with Gasteiger partial charge in [-0.15, -0.1) is 0 Å². The van der Waals surface area contributed by atoms with Gasteiger partial charge in [0.1, 0.15) is 12.3 Å². The fourth-order valence-electron chi connectivity index (χ4n) is 2.78. The van der Waals surface area contributed by atoms with Crippen molar-refractivity contribution in [2.24, 2.45) is 0 Å². The molecule has 0 aliphatic heterocycles. The van der Waals surface area contributed by atoms with Crippen LogP contribution in [0.3, 0.4) is 0 Å². The lowest BCUT2D eigenvalue weighted by Crippen LogP contribution is -2.25. The van der Waals surface area contributed by atoms with Crippen LogP contribution in [0.2, 0.25) is 0 Å². The molecule has 28 heavy (non-hydrogen) atoms. The molecule has 6 nitrogen and oxygen atoms in total. The van der Waals surface area contributed by atoms with E-state index in [-0.39, 0.29) is 29.7 Å². The van der Waals surface area contributed by atoms with Crippen LogP contribution in [0.5, 0.6) is 5.75 Å². The highest BCUT2D eigenvalue weighted by Gasteiger charge is 2.27. The molecule has 1 N–H and O–H groups in total. The molecule has 7 heteroatoms. The molecule has 1 amide bonds. The van der Waals surface area contributed by atoms with E-state index in [4.69, 9.17) is 4.74 Å². The summed E-state index contributed by atoms with van der Waals surface area (Å²) in [6, 6.07) is 18.2. The van der Waals surface area contributed by atoms with Crippen molar-refractivity contribution in [3.63, 3.8) is 0 Å². The Morgan fingerprint density at radius 2 is 1.71 bits per heavy atom. The minimum absolute atomic E-state index is 0.0812. The molecule has 0 atom stereocenters. The van der Waals surface area contributed by atoms with Crippen molar-refractivity contribution in [2.45, 2.75) is 6.61 Å². The number of aromatic nitrogens is 1. The van der Waals surface area contributed by atoms with Crippen LogP contribution in [0.1, 0.15) is 26.5 Å². The zero-order chi connectivity index (χ0) is 20.3. The standard InChI is InChI=1S/C21H19IN2O4/c1-23(2)20(25)17-12-18(28-13-14-6-4-3-5-7-14)19(21(26)27)24(17)16-10-8-15(22)9-11-16/h3-12H,13H2,1-2H3,(H,26,27). The third kappa shape index (κ3) is 4.19. The molecule has 3 rings (SSSR count). The first kappa shape index (κ1) is 19.9. The second-order valence-corrected chi connectivity index (χ2v) is 7.58. The van der Waals surface area contributed by atoms with E-state index < -0.39 is 5.97 Å². The maximum absolute atomic E-state index is 12.7. The summed E-state index contributed by atoms with van der Waals surface area (Å²) in [6.07, 6.45) is 0. The van der Waals surface area contributed by atoms with Crippen LogP contribution in [0.15, 0.2) is 60.7 Å². The number of hydrogen-bond donors (Lipinski definition) is 1. The normalized spacial score (nSPS) is 10.5. The first-order valence-corrected chi connectivity index (χ1v) is 9.59. The molecule has 3 aromatic rings. The number of carboxylic acids is 1. The quantitative estimate of drug-likeness (QED) is 0.530. The fourth-order valence-corrected chi connectivity index (χ4v) is 3.14. The Hall–Kier alpha value is -2.81. The van der Waals surface area contributed by atoms with E-state index in [1.165, 1.54) is 15.5 Å². The van der Waals surface area contributed by atoms with Gasteiger partial charge in [0.25, 0.3) is 5.91 Å². The molecule has 144 valence electrons. The molecule has 0 aliphatic rings. The van der Waals surface area contributed by atoms with Crippen molar-refractivity contribution in [1.82, 2.24) is 9.47 Å². The number of aromatic carboxylic acids is 1. The van der Waals surface area contributed by atoms with Crippen molar-refractivity contribution >= 4 is 34.5 Å². The van der Waals surface area contributed by atoms with Gasteiger partial charge in [0.05, 0.1) is 0 Å². The van der Waals surface area contributed by atoms with E-state index in [2.05, 4.69) is 22.6 Å². The lowest BCUT2D eigenvalue weighted by Gasteiger charge is -2.15. The highest BCUT2D eigenvalue weighted by atomic mass is 127. The van der Waals surface area contributed by atoms with Gasteiger partial charge in [-0.2, -0.15) is 0 Å². The Bertz CT molecular complexity index is 995. The monoisotopic (exact) mass is 490 g/mol. The summed E-state index contributed by atoms with van der Waals surface area (Å²) < 4.78 is 8.24. The second-order valence-electron chi connectivity index (χ2n) is 6.33. The molecule has 0 spiro atoms. The Morgan fingerprint density at radius 3 is 2.29 bits per heavy atom. The van der Waals surface area contributed by atoms with Crippen molar-refractivity contribution in [1.29, 1.82) is 0 Å². The van der Waals surface area contributed by atoms with E-state index in [0.717, 1.165) is 9.13 Å². The summed E-state index contributed by atoms with van der Waals surface area (Å²) in [7, 11) is 3.25. The van der Waals surface area contributed by atoms with E-state index >= 15 is 0 Å². The maximum atomic E-state index is 12.7. The van der Waals surface area contributed by atoms with E-state index in [9.17, 15) is 14.7 Å². The third-order valence-electron chi connectivity index (χ3n) is 4.12. The Kier molecular flexibility index (Phi) is 6.03. The number of hydrogen-bond acceptors (Lipinski definition) is 3. The SMILES string of the molecule is CN(C)C(=O)c1cc(OCc2ccccc2)c(C(=O)O)n1-c1ccc(I)cc1. The van der Waals surface area contributed by atoms with Gasteiger partial charge in [0, 0.05) is 29.4 Å². The molecule has 2 aromatic carbocycles. The average Bonchev–Trinajstić information content (AvgIpc) is 3.06. The van der Waals surface area contributed by atoms with E-state index in [1.54, 1.807) is 26.2 Å². The number of carbonyl (C=O) groups is 2. The van der Waals surface area contributed by atoms with Crippen LogP contribution < -0.4 is 4.74 Å². The van der Waals surface area contributed by atoms with Gasteiger partial charge in [-0.25, -0.2) is 4.79 Å². The van der Waals surface area contributed by atoms with Gasteiger partial charge in [-0.05, 0) is 52.4 Å². The van der Waals surface area contributed by atoms with Gasteiger partial charge < -0.3 is 14.7 Å². The number of amides is 1. The number of nitrogens with zero attached hydrogens (tertiary/aromatic N) is 2. The summed E-state index contributed by atoms with van der Waals surface area (Å²) in [5, 5.41) is 9.87. The van der Waals surface area contributed by atoms with Crippen molar-refractivity contribution in [3.8, 4) is 11.4 Å². The zero-order valence-corrected chi connectivity index (χ0v) is 17.6. The van der Waals surface area contributed by atoms with Crippen LogP contribution >= 0.6 is 22.6 Å². The molecule has 0 aliphatic carbocycles. The zero-order valence-electron chi connectivity index (χ0n) is 15.4. The Labute approximate surface area is 176 Å². The van der Waals surface area contributed by atoms with Crippen molar-refractivity contribution < 1.29 is 19.4 Å². The van der Waals surface area contributed by atoms with Crippen molar-refractivity contribution in [2.75, 3.05) is 14.1 Å². The van der Waals surface area contributed by atoms with E-state index in [1.807, 2.05) is 42.5 Å². The first-order chi connectivity index (χ1) is 13.4. The second kappa shape index (κ2) is 8.47. The molecule has 0 saturated carbocycles. The molecule has 0 bridgehead atoms. The summed E-state index contributed by atoms with van der Waals surface area (Å²) in [5.41, 5.74) is 1.63. The molecule has 0 fully saturated rings. The van der Waals surface area contributed by atoms with Crippen LogP contribution in [0, 0.1) is 3.57 Å². The van der Waals surface area contributed by atoms with Crippen LogP contribution in [-0.4, -0.2) is 40.5 Å². The average molecular weight is 490 g/mol. The number of carboxylic acid groups (broad SMARTS) is 1. The molecular formula is C21H19IN2O4. The molecule has 1 aromatic heterocycles. The van der Waals surface area contributed by atoms with Crippen LogP contribution in [-0.2, 0) is 6.61 Å². The highest BCUT2D eigenvalue weighted by molar-refractivity contribution is 14.1. The minimum Gasteiger partial charge on any atom is -0.486 e. The Morgan fingerprint density at radius 1 is 1.07 bits per heavy atom. The lowest BCUT2D eigenvalue weighted by atomic mass is 10.2. The molecule has 1 heterocycles. The smallest absolute Gasteiger partial charge is 0.356 e. The van der Waals surface area contributed by atoms with Gasteiger partial charge >= 0.3 is 5.97 Å². The number of carbonyl (C=O) groups excluding carboxylic acids is 1. The van der Waals surface area contributed by atoms with Crippen LogP contribution in [0.4, 0.5) is 0 Å². The van der Waals surface area contributed by atoms with Gasteiger partial charge in [0.2, 0.25) is 0 Å². The summed E-state index contributed by atoms with van der Waals surface area (Å²) in [5.74, 6) is -1.32. The lowest BCUT2D eigenvalue weighted by molar-refractivity contribution is 0.0682. The summed E-state index contributed by atoms with van der Waals surface area (Å²) >= 11 is 2.17. The van der Waals surface area contributed by atoms with Crippen LogP contribution in [0.25, 0.3) is 5.69 Å². The Balaban J connectivity index is 2.11. The largest absolute Gasteiger partial charge is 0.486 e. The fraction of sp³-hybridized carbons (Fsp3) is 0.143. The number of halogens is 1. The van der Waals surface area contributed by atoms with Gasteiger partial charge in [-0.1, -0.05) is 30.3 Å². The van der Waals surface area contributed by atoms with Gasteiger partial charge in [0.15, 0.2) is 11.4 Å². The predicted octanol–water partition coefficient (Wildman–Crippen LogP) is 4.06. The van der Waals surface area contributed by atoms with Gasteiger partial charge in [-0.3, -0.25) is 9.36 Å². The molecular weight excluding hydrogens is 471 g/mol. The first-order valence-electron chi connectivity index (χ1n) is 8.52. The number of ether oxygens (including phenoxy) is 1. The number of rotatable bonds is 6. The molecule has 0 saturated heterocycles. The summed E-state index contributed by atoms with van der Waals surface area (Å²) in [4.78, 5) is 26.2. The topological polar surface area (TPSA) is 71.8 Å². The maximum Gasteiger partial charge on any atom is 0.356 e. The predicted molar refractivity (Wildman–Crippen MR) is 114 cm³/mol. The molecule has 0 unspecified atom stereocenters. The highest BCUT2D eigenvalue weighted by Crippen LogP contribution is 2.30. The number of benzene rings is 2. The van der Waals surface area contributed by atoms with Crippen molar-refractivity contribution in [3.05, 3.63) is 81.2 Å². The summed E-state index contributed by atoms with van der Waals surface area (Å²) in [6.45, 7) is 0.202. The molecule has 0 radical (unpaired) electrons.